The standard InChI is InChI=1S/C15H27N5S.HI/c1-12(2)10-20-7-6-17-14(20)9-18-15(16-3)19-13-5-4-8-21-11-13;/h6-7,12-13H,4-5,8-11H2,1-3H3,(H2,16,18,19);1H. The van der Waals surface area contributed by atoms with Gasteiger partial charge in [0.25, 0.3) is 0 Å². The molecular weight excluding hydrogens is 409 g/mol. The van der Waals surface area contributed by atoms with E-state index in [-0.39, 0.29) is 24.0 Å². The molecule has 2 N–H and O–H groups in total. The van der Waals surface area contributed by atoms with E-state index >= 15 is 0 Å². The first-order chi connectivity index (χ1) is 10.2. The first-order valence-electron chi connectivity index (χ1n) is 7.74. The predicted octanol–water partition coefficient (Wildman–Crippen LogP) is 2.72. The molecule has 1 saturated heterocycles. The topological polar surface area (TPSA) is 54.2 Å². The van der Waals surface area contributed by atoms with Crippen LogP contribution >= 0.6 is 35.7 Å². The second kappa shape index (κ2) is 10.4. The number of imidazole rings is 1. The third-order valence-electron chi connectivity index (χ3n) is 3.50. The van der Waals surface area contributed by atoms with Gasteiger partial charge in [-0.3, -0.25) is 4.99 Å². The lowest BCUT2D eigenvalue weighted by molar-refractivity contribution is 0.502. The molecule has 0 aromatic carbocycles. The Morgan fingerprint density at radius 3 is 3.00 bits per heavy atom. The Bertz CT molecular complexity index is 455. The number of halogens is 1. The van der Waals surface area contributed by atoms with Gasteiger partial charge in [0, 0.05) is 37.8 Å². The summed E-state index contributed by atoms with van der Waals surface area (Å²) >= 11 is 2.02. The number of nitrogens with zero attached hydrogens (tertiary/aromatic N) is 3. The number of thioether (sulfide) groups is 1. The highest BCUT2D eigenvalue weighted by Gasteiger charge is 2.15. The maximum atomic E-state index is 4.44. The highest BCUT2D eigenvalue weighted by molar-refractivity contribution is 14.0. The van der Waals surface area contributed by atoms with E-state index in [0.717, 1.165) is 18.3 Å². The summed E-state index contributed by atoms with van der Waals surface area (Å²) in [6.07, 6.45) is 6.44. The van der Waals surface area contributed by atoms with Crippen molar-refractivity contribution in [3.63, 3.8) is 0 Å². The van der Waals surface area contributed by atoms with Crippen LogP contribution in [0.15, 0.2) is 17.4 Å². The maximum absolute atomic E-state index is 4.44. The minimum absolute atomic E-state index is 0. The van der Waals surface area contributed by atoms with Gasteiger partial charge >= 0.3 is 0 Å². The fraction of sp³-hybridized carbons (Fsp3) is 0.733. The summed E-state index contributed by atoms with van der Waals surface area (Å²) < 4.78 is 2.21. The first-order valence-corrected chi connectivity index (χ1v) is 8.89. The molecule has 7 heteroatoms. The molecule has 1 atom stereocenters. The largest absolute Gasteiger partial charge is 0.353 e. The van der Waals surface area contributed by atoms with Crippen LogP contribution in [-0.4, -0.2) is 40.1 Å². The van der Waals surface area contributed by atoms with Gasteiger partial charge in [0.05, 0.1) is 6.54 Å². The average Bonchev–Trinajstić information content (AvgIpc) is 2.91. The zero-order valence-electron chi connectivity index (χ0n) is 13.7. The van der Waals surface area contributed by atoms with Gasteiger partial charge in [-0.1, -0.05) is 13.8 Å². The lowest BCUT2D eigenvalue weighted by atomic mass is 10.2. The molecule has 126 valence electrons. The van der Waals surface area contributed by atoms with Crippen LogP contribution < -0.4 is 10.6 Å². The average molecular weight is 437 g/mol. The lowest BCUT2D eigenvalue weighted by Gasteiger charge is -2.24. The Kier molecular flexibility index (Phi) is 9.23. The van der Waals surface area contributed by atoms with E-state index in [1.807, 2.05) is 31.2 Å². The van der Waals surface area contributed by atoms with Crippen LogP contribution in [0, 0.1) is 5.92 Å². The van der Waals surface area contributed by atoms with Gasteiger partial charge < -0.3 is 15.2 Å². The van der Waals surface area contributed by atoms with E-state index in [1.54, 1.807) is 0 Å². The fourth-order valence-electron chi connectivity index (χ4n) is 2.47. The van der Waals surface area contributed by atoms with Gasteiger partial charge in [-0.25, -0.2) is 4.98 Å². The highest BCUT2D eigenvalue weighted by Crippen LogP contribution is 2.16. The normalized spacial score (nSPS) is 18.9. The quantitative estimate of drug-likeness (QED) is 0.423. The third-order valence-corrected chi connectivity index (χ3v) is 4.72. The molecule has 1 aromatic rings. The molecule has 1 aromatic heterocycles. The van der Waals surface area contributed by atoms with Gasteiger partial charge in [-0.15, -0.1) is 24.0 Å². The summed E-state index contributed by atoms with van der Waals surface area (Å²) in [5.74, 6) is 5.01. The maximum Gasteiger partial charge on any atom is 0.191 e. The van der Waals surface area contributed by atoms with Crippen molar-refractivity contribution in [2.75, 3.05) is 18.6 Å². The molecule has 2 heterocycles. The van der Waals surface area contributed by atoms with Crippen molar-refractivity contribution in [3.05, 3.63) is 18.2 Å². The molecule has 5 nitrogen and oxygen atoms in total. The van der Waals surface area contributed by atoms with E-state index in [4.69, 9.17) is 0 Å². The van der Waals surface area contributed by atoms with Crippen molar-refractivity contribution in [1.82, 2.24) is 20.2 Å². The van der Waals surface area contributed by atoms with Gasteiger partial charge in [-0.05, 0) is 24.5 Å². The van der Waals surface area contributed by atoms with Crippen LogP contribution in [0.5, 0.6) is 0 Å². The van der Waals surface area contributed by atoms with Crippen LogP contribution in [0.4, 0.5) is 0 Å². The van der Waals surface area contributed by atoms with Gasteiger partial charge in [0.1, 0.15) is 5.82 Å². The molecule has 1 fully saturated rings. The lowest BCUT2D eigenvalue weighted by Crippen LogP contribution is -2.45. The molecule has 1 unspecified atom stereocenters. The zero-order valence-corrected chi connectivity index (χ0v) is 16.9. The first kappa shape index (κ1) is 19.6. The van der Waals surface area contributed by atoms with Gasteiger partial charge in [-0.2, -0.15) is 11.8 Å². The second-order valence-electron chi connectivity index (χ2n) is 5.87. The Balaban J connectivity index is 0.00000242. The molecule has 0 radical (unpaired) electrons. The summed E-state index contributed by atoms with van der Waals surface area (Å²) in [5, 5.41) is 6.89. The molecule has 0 spiro atoms. The Morgan fingerprint density at radius 1 is 1.55 bits per heavy atom. The molecule has 0 aliphatic carbocycles. The van der Waals surface area contributed by atoms with Crippen LogP contribution in [0.3, 0.4) is 0 Å². The number of aromatic nitrogens is 2. The number of hydrogen-bond acceptors (Lipinski definition) is 3. The van der Waals surface area contributed by atoms with Crippen LogP contribution in [0.25, 0.3) is 0 Å². The summed E-state index contributed by atoms with van der Waals surface area (Å²) in [7, 11) is 1.83. The van der Waals surface area contributed by atoms with Crippen molar-refractivity contribution < 1.29 is 0 Å². The monoisotopic (exact) mass is 437 g/mol. The summed E-state index contributed by atoms with van der Waals surface area (Å²) in [6.45, 7) is 6.15. The van der Waals surface area contributed by atoms with Crippen molar-refractivity contribution in [2.24, 2.45) is 10.9 Å². The Morgan fingerprint density at radius 2 is 2.36 bits per heavy atom. The molecule has 0 amide bonds. The minimum atomic E-state index is 0. The van der Waals surface area contributed by atoms with E-state index in [9.17, 15) is 0 Å². The van der Waals surface area contributed by atoms with Gasteiger partial charge in [0.2, 0.25) is 0 Å². The fourth-order valence-corrected chi connectivity index (χ4v) is 3.54. The summed E-state index contributed by atoms with van der Waals surface area (Å²) in [6, 6.07) is 0.533. The summed E-state index contributed by atoms with van der Waals surface area (Å²) in [5.41, 5.74) is 0. The van der Waals surface area contributed by atoms with Crippen molar-refractivity contribution >= 4 is 41.7 Å². The number of nitrogens with one attached hydrogen (secondary N) is 2. The molecule has 0 saturated carbocycles. The number of rotatable bonds is 5. The molecule has 22 heavy (non-hydrogen) atoms. The van der Waals surface area contributed by atoms with Gasteiger partial charge in [0.15, 0.2) is 5.96 Å². The number of guanidine groups is 1. The van der Waals surface area contributed by atoms with Crippen LogP contribution in [-0.2, 0) is 13.1 Å². The smallest absolute Gasteiger partial charge is 0.191 e. The zero-order chi connectivity index (χ0) is 15.1. The van der Waals surface area contributed by atoms with E-state index in [2.05, 4.69) is 39.0 Å². The Hall–Kier alpha value is -0.440. The highest BCUT2D eigenvalue weighted by atomic mass is 127. The molecule has 2 rings (SSSR count). The summed E-state index contributed by atoms with van der Waals surface area (Å²) in [4.78, 5) is 8.76. The molecule has 1 aliphatic rings. The molecular formula is C15H28IN5S. The van der Waals surface area contributed by atoms with Crippen LogP contribution in [0.1, 0.15) is 32.5 Å². The van der Waals surface area contributed by atoms with E-state index < -0.39 is 0 Å². The third kappa shape index (κ3) is 6.36. The predicted molar refractivity (Wildman–Crippen MR) is 106 cm³/mol. The molecule has 0 bridgehead atoms. The minimum Gasteiger partial charge on any atom is -0.353 e. The second-order valence-corrected chi connectivity index (χ2v) is 7.02. The van der Waals surface area contributed by atoms with Crippen molar-refractivity contribution in [2.45, 2.75) is 45.8 Å². The van der Waals surface area contributed by atoms with E-state index in [1.165, 1.54) is 24.3 Å². The van der Waals surface area contributed by atoms with Crippen molar-refractivity contribution in [1.29, 1.82) is 0 Å². The van der Waals surface area contributed by atoms with E-state index in [0.29, 0.717) is 18.5 Å². The Labute approximate surface area is 155 Å². The number of aliphatic imine (C=N–C) groups is 1. The van der Waals surface area contributed by atoms with Crippen molar-refractivity contribution in [3.8, 4) is 0 Å². The molecule has 1 aliphatic heterocycles. The van der Waals surface area contributed by atoms with Crippen LogP contribution in [0.2, 0.25) is 0 Å². The number of hydrogen-bond donors (Lipinski definition) is 2. The SMILES string of the molecule is CN=C(NCc1nccn1CC(C)C)NC1CCCSC1.I.